The van der Waals surface area contributed by atoms with Gasteiger partial charge in [0.2, 0.25) is 5.91 Å². The molecule has 1 unspecified atom stereocenters. The van der Waals surface area contributed by atoms with Gasteiger partial charge in [0.05, 0.1) is 18.2 Å². The van der Waals surface area contributed by atoms with Crippen molar-refractivity contribution >= 4 is 17.7 Å². The highest BCUT2D eigenvalue weighted by Gasteiger charge is 2.34. The second kappa shape index (κ2) is 4.91. The summed E-state index contributed by atoms with van der Waals surface area (Å²) in [5.74, 6) is 1.61. The van der Waals surface area contributed by atoms with Gasteiger partial charge in [-0.15, -0.1) is 11.8 Å². The lowest BCUT2D eigenvalue weighted by Crippen LogP contribution is -2.45. The fourth-order valence-electron chi connectivity index (χ4n) is 2.57. The Morgan fingerprint density at radius 1 is 1.44 bits per heavy atom. The van der Waals surface area contributed by atoms with Crippen molar-refractivity contribution in [2.75, 3.05) is 11.6 Å². The van der Waals surface area contributed by atoms with Gasteiger partial charge in [-0.05, 0) is 11.1 Å². The molecule has 1 amide bonds. The van der Waals surface area contributed by atoms with Crippen LogP contribution in [-0.4, -0.2) is 34.8 Å². The van der Waals surface area contributed by atoms with Gasteiger partial charge < -0.3 is 10.4 Å². The van der Waals surface area contributed by atoms with Crippen molar-refractivity contribution in [1.29, 1.82) is 0 Å². The summed E-state index contributed by atoms with van der Waals surface area (Å²) in [4.78, 5) is 12.1. The number of aliphatic hydroxyl groups is 1. The first-order valence-corrected chi connectivity index (χ1v) is 7.28. The van der Waals surface area contributed by atoms with Crippen molar-refractivity contribution < 1.29 is 9.90 Å². The average molecular weight is 264 g/mol. The number of rotatable bonds is 2. The van der Waals surface area contributed by atoms with Crippen LogP contribution in [0.25, 0.3) is 0 Å². The van der Waals surface area contributed by atoms with Crippen molar-refractivity contribution in [1.82, 2.24) is 10.6 Å². The largest absolute Gasteiger partial charge is 0.390 e. The van der Waals surface area contributed by atoms with E-state index in [1.54, 1.807) is 11.8 Å². The fourth-order valence-corrected chi connectivity index (χ4v) is 3.51. The summed E-state index contributed by atoms with van der Waals surface area (Å²) in [6.45, 7) is 0. The highest BCUT2D eigenvalue weighted by molar-refractivity contribution is 7.99. The quantitative estimate of drug-likeness (QED) is 0.725. The molecule has 1 saturated heterocycles. The van der Waals surface area contributed by atoms with Crippen LogP contribution in [0.3, 0.4) is 0 Å². The molecule has 1 aliphatic heterocycles. The standard InChI is InChI=1S/C13H16N2O2S/c16-11-5-8-3-1-2-4-9(8)12(11)15-13(17)10-6-18-7-14-10/h1-4,10-12,14,16H,5-7H2,(H,15,17)/t10?,11-,12+/m0/s1. The number of nitrogens with one attached hydrogen (secondary N) is 2. The molecule has 1 aliphatic carbocycles. The highest BCUT2D eigenvalue weighted by atomic mass is 32.2. The monoisotopic (exact) mass is 264 g/mol. The molecule has 18 heavy (non-hydrogen) atoms. The van der Waals surface area contributed by atoms with E-state index in [2.05, 4.69) is 10.6 Å². The summed E-state index contributed by atoms with van der Waals surface area (Å²) in [6, 6.07) is 7.50. The maximum Gasteiger partial charge on any atom is 0.238 e. The van der Waals surface area contributed by atoms with Gasteiger partial charge in [0.25, 0.3) is 0 Å². The first-order chi connectivity index (χ1) is 8.75. The Morgan fingerprint density at radius 3 is 3.06 bits per heavy atom. The minimum Gasteiger partial charge on any atom is -0.390 e. The molecular weight excluding hydrogens is 248 g/mol. The molecule has 4 nitrogen and oxygen atoms in total. The van der Waals surface area contributed by atoms with Gasteiger partial charge in [-0.25, -0.2) is 0 Å². The molecule has 5 heteroatoms. The molecule has 1 heterocycles. The van der Waals surface area contributed by atoms with E-state index < -0.39 is 6.10 Å². The van der Waals surface area contributed by atoms with Crippen LogP contribution < -0.4 is 10.6 Å². The second-order valence-corrected chi connectivity index (χ2v) is 5.76. The zero-order valence-corrected chi connectivity index (χ0v) is 10.7. The lowest BCUT2D eigenvalue weighted by Gasteiger charge is -2.20. The van der Waals surface area contributed by atoms with E-state index in [1.807, 2.05) is 24.3 Å². The Morgan fingerprint density at radius 2 is 2.28 bits per heavy atom. The van der Waals surface area contributed by atoms with Gasteiger partial charge in [-0.1, -0.05) is 24.3 Å². The van der Waals surface area contributed by atoms with Crippen LogP contribution in [0.1, 0.15) is 17.2 Å². The zero-order valence-electron chi connectivity index (χ0n) is 9.93. The summed E-state index contributed by atoms with van der Waals surface area (Å²) in [5.41, 5.74) is 2.17. The maximum absolute atomic E-state index is 12.1. The van der Waals surface area contributed by atoms with Crippen LogP contribution in [0.5, 0.6) is 0 Å². The minimum absolute atomic E-state index is 0.0132. The number of hydrogen-bond donors (Lipinski definition) is 3. The van der Waals surface area contributed by atoms with E-state index in [4.69, 9.17) is 0 Å². The molecule has 0 saturated carbocycles. The molecule has 3 rings (SSSR count). The van der Waals surface area contributed by atoms with Crippen molar-refractivity contribution in [3.05, 3.63) is 35.4 Å². The smallest absolute Gasteiger partial charge is 0.238 e. The molecule has 1 aromatic carbocycles. The first kappa shape index (κ1) is 12.0. The molecule has 0 spiro atoms. The lowest BCUT2D eigenvalue weighted by molar-refractivity contribution is -0.123. The van der Waals surface area contributed by atoms with Gasteiger partial charge in [0, 0.05) is 18.1 Å². The Bertz CT molecular complexity index is 460. The second-order valence-electron chi connectivity index (χ2n) is 4.73. The number of aliphatic hydroxyl groups excluding tert-OH is 1. The van der Waals surface area contributed by atoms with Crippen LogP contribution >= 0.6 is 11.8 Å². The molecule has 1 fully saturated rings. The predicted molar refractivity (Wildman–Crippen MR) is 71.3 cm³/mol. The maximum atomic E-state index is 12.1. The van der Waals surface area contributed by atoms with Crippen molar-refractivity contribution in [2.45, 2.75) is 24.6 Å². The SMILES string of the molecule is O=C(N[C@@H]1c2ccccc2C[C@@H]1O)C1CSCN1. The molecule has 0 radical (unpaired) electrons. The van der Waals surface area contributed by atoms with E-state index in [0.29, 0.717) is 6.42 Å². The van der Waals surface area contributed by atoms with Gasteiger partial charge in [0.1, 0.15) is 0 Å². The lowest BCUT2D eigenvalue weighted by atomic mass is 10.1. The Balaban J connectivity index is 1.74. The third kappa shape index (κ3) is 2.13. The topological polar surface area (TPSA) is 61.4 Å². The van der Waals surface area contributed by atoms with Crippen LogP contribution in [0.4, 0.5) is 0 Å². The molecule has 96 valence electrons. The van der Waals surface area contributed by atoms with E-state index in [0.717, 1.165) is 22.8 Å². The summed E-state index contributed by atoms with van der Waals surface area (Å²) in [6.07, 6.45) is 0.106. The molecular formula is C13H16N2O2S. The number of fused-ring (bicyclic) bond motifs is 1. The third-order valence-corrected chi connectivity index (χ3v) is 4.47. The average Bonchev–Trinajstić information content (AvgIpc) is 2.98. The molecule has 1 aromatic rings. The van der Waals surface area contributed by atoms with Crippen molar-refractivity contribution in [3.8, 4) is 0 Å². The summed E-state index contributed by atoms with van der Waals surface area (Å²) >= 11 is 1.72. The van der Waals surface area contributed by atoms with Crippen molar-refractivity contribution in [3.63, 3.8) is 0 Å². The number of benzene rings is 1. The van der Waals surface area contributed by atoms with Gasteiger partial charge in [-0.2, -0.15) is 0 Å². The third-order valence-electron chi connectivity index (χ3n) is 3.53. The van der Waals surface area contributed by atoms with Crippen LogP contribution in [0.2, 0.25) is 0 Å². The minimum atomic E-state index is -0.514. The highest BCUT2D eigenvalue weighted by Crippen LogP contribution is 2.31. The van der Waals surface area contributed by atoms with Crippen LogP contribution in [-0.2, 0) is 11.2 Å². The fraction of sp³-hybridized carbons (Fsp3) is 0.462. The van der Waals surface area contributed by atoms with E-state index in [9.17, 15) is 9.90 Å². The molecule has 0 aromatic heterocycles. The Kier molecular flexibility index (Phi) is 3.28. The van der Waals surface area contributed by atoms with E-state index >= 15 is 0 Å². The van der Waals surface area contributed by atoms with Crippen LogP contribution in [0.15, 0.2) is 24.3 Å². The normalized spacial score (nSPS) is 30.2. The van der Waals surface area contributed by atoms with Crippen LogP contribution in [0, 0.1) is 0 Å². The van der Waals surface area contributed by atoms with Crippen molar-refractivity contribution in [2.24, 2.45) is 0 Å². The Hall–Kier alpha value is -1.04. The summed E-state index contributed by atoms with van der Waals surface area (Å²) in [7, 11) is 0. The number of carbonyl (C=O) groups excluding carboxylic acids is 1. The number of carbonyl (C=O) groups is 1. The van der Waals surface area contributed by atoms with Gasteiger partial charge >= 0.3 is 0 Å². The molecule has 3 atom stereocenters. The zero-order chi connectivity index (χ0) is 12.5. The Labute approximate surface area is 110 Å². The molecule has 3 N–H and O–H groups in total. The van der Waals surface area contributed by atoms with Gasteiger partial charge in [-0.3, -0.25) is 10.1 Å². The first-order valence-electron chi connectivity index (χ1n) is 6.13. The van der Waals surface area contributed by atoms with Gasteiger partial charge in [0.15, 0.2) is 0 Å². The number of amides is 1. The molecule has 0 bridgehead atoms. The summed E-state index contributed by atoms with van der Waals surface area (Å²) in [5, 5.41) is 16.2. The predicted octanol–water partition coefficient (Wildman–Crippen LogP) is 0.423. The number of hydrogen-bond acceptors (Lipinski definition) is 4. The summed E-state index contributed by atoms with van der Waals surface area (Å²) < 4.78 is 0. The molecule has 2 aliphatic rings. The number of thioether (sulfide) groups is 1. The van der Waals surface area contributed by atoms with E-state index in [1.165, 1.54) is 0 Å². The van der Waals surface area contributed by atoms with E-state index in [-0.39, 0.29) is 18.0 Å².